The molecule has 0 aliphatic heterocycles. The number of hydrogen-bond acceptors (Lipinski definition) is 3. The highest BCUT2D eigenvalue weighted by Crippen LogP contribution is 2.22. The number of rotatable bonds is 3. The van der Waals surface area contributed by atoms with Crippen LogP contribution in [0.5, 0.6) is 0 Å². The van der Waals surface area contributed by atoms with Crippen LogP contribution in [0.25, 0.3) is 0 Å². The number of hydrogen-bond donors (Lipinski definition) is 3. The van der Waals surface area contributed by atoms with Gasteiger partial charge in [-0.15, -0.1) is 0 Å². The molecule has 0 aliphatic rings. The number of H-pyrrole nitrogens is 1. The molecule has 4 N–H and O–H groups in total. The van der Waals surface area contributed by atoms with E-state index in [2.05, 4.69) is 36.3 Å². The second kappa shape index (κ2) is 5.46. The fourth-order valence-electron chi connectivity index (χ4n) is 1.80. The molecule has 0 fully saturated rings. The van der Waals surface area contributed by atoms with Gasteiger partial charge in [-0.2, -0.15) is 5.10 Å². The van der Waals surface area contributed by atoms with Crippen LogP contribution in [0.15, 0.2) is 30.3 Å². The largest absolute Gasteiger partial charge is 0.326 e. The average molecular weight is 272 g/mol. The van der Waals surface area contributed by atoms with E-state index in [0.29, 0.717) is 17.9 Å². The Hall–Kier alpha value is -2.14. The van der Waals surface area contributed by atoms with Crippen molar-refractivity contribution in [2.75, 3.05) is 5.32 Å². The van der Waals surface area contributed by atoms with Crippen LogP contribution >= 0.6 is 0 Å². The molecule has 0 saturated carbocycles. The number of carbonyl (C=O) groups excluding carboxylic acids is 1. The van der Waals surface area contributed by atoms with Gasteiger partial charge in [-0.25, -0.2) is 0 Å². The zero-order chi connectivity index (χ0) is 14.8. The van der Waals surface area contributed by atoms with E-state index in [1.807, 2.05) is 18.2 Å². The van der Waals surface area contributed by atoms with E-state index >= 15 is 0 Å². The third-order valence-corrected chi connectivity index (χ3v) is 3.05. The van der Waals surface area contributed by atoms with Crippen molar-refractivity contribution in [1.29, 1.82) is 0 Å². The molecule has 0 atom stereocenters. The Balaban J connectivity index is 2.13. The van der Waals surface area contributed by atoms with Gasteiger partial charge in [-0.1, -0.05) is 32.9 Å². The Morgan fingerprint density at radius 3 is 2.70 bits per heavy atom. The molecule has 0 aliphatic carbocycles. The molecular weight excluding hydrogens is 252 g/mol. The fraction of sp³-hybridized carbons (Fsp3) is 0.333. The molecule has 0 radical (unpaired) electrons. The average Bonchev–Trinajstić information content (AvgIpc) is 2.87. The summed E-state index contributed by atoms with van der Waals surface area (Å²) in [5.41, 5.74) is 8.02. The van der Waals surface area contributed by atoms with E-state index in [1.54, 1.807) is 12.1 Å². The minimum atomic E-state index is -0.188. The number of nitrogens with one attached hydrogen (secondary N) is 2. The summed E-state index contributed by atoms with van der Waals surface area (Å²) >= 11 is 0. The molecule has 1 amide bonds. The van der Waals surface area contributed by atoms with Gasteiger partial charge in [0.05, 0.1) is 0 Å². The molecule has 5 heteroatoms. The molecule has 2 rings (SSSR count). The van der Waals surface area contributed by atoms with Crippen molar-refractivity contribution < 1.29 is 4.79 Å². The summed E-state index contributed by atoms with van der Waals surface area (Å²) in [4.78, 5) is 12.1. The van der Waals surface area contributed by atoms with Gasteiger partial charge >= 0.3 is 0 Å². The molecule has 0 unspecified atom stereocenters. The fourth-order valence-corrected chi connectivity index (χ4v) is 1.80. The molecular formula is C15H20N4O. The van der Waals surface area contributed by atoms with Gasteiger partial charge in [-0.05, 0) is 17.7 Å². The van der Waals surface area contributed by atoms with Gasteiger partial charge in [-0.3, -0.25) is 9.89 Å². The first kappa shape index (κ1) is 14.3. The summed E-state index contributed by atoms with van der Waals surface area (Å²) in [6.07, 6.45) is 0. The monoisotopic (exact) mass is 272 g/mol. The minimum Gasteiger partial charge on any atom is -0.326 e. The molecule has 2 aromatic rings. The molecule has 0 bridgehead atoms. The van der Waals surface area contributed by atoms with Crippen LogP contribution in [0.2, 0.25) is 0 Å². The Morgan fingerprint density at radius 2 is 2.10 bits per heavy atom. The molecule has 106 valence electrons. The first-order valence-corrected chi connectivity index (χ1v) is 6.56. The Kier molecular flexibility index (Phi) is 3.90. The maximum absolute atomic E-state index is 12.1. The number of benzene rings is 1. The number of aromatic nitrogens is 2. The van der Waals surface area contributed by atoms with Crippen LogP contribution < -0.4 is 11.1 Å². The maximum atomic E-state index is 12.1. The molecule has 1 aromatic heterocycles. The van der Waals surface area contributed by atoms with E-state index in [1.165, 1.54) is 0 Å². The Morgan fingerprint density at radius 1 is 1.35 bits per heavy atom. The third-order valence-electron chi connectivity index (χ3n) is 3.05. The smallest absolute Gasteiger partial charge is 0.256 e. The molecule has 5 nitrogen and oxygen atoms in total. The van der Waals surface area contributed by atoms with Crippen molar-refractivity contribution >= 4 is 11.7 Å². The third kappa shape index (κ3) is 3.24. The molecule has 1 heterocycles. The highest BCUT2D eigenvalue weighted by molar-refractivity contribution is 6.03. The van der Waals surface area contributed by atoms with Gasteiger partial charge in [0, 0.05) is 29.3 Å². The van der Waals surface area contributed by atoms with Crippen molar-refractivity contribution in [2.45, 2.75) is 32.7 Å². The van der Waals surface area contributed by atoms with E-state index in [4.69, 9.17) is 5.73 Å². The second-order valence-corrected chi connectivity index (χ2v) is 5.78. The quantitative estimate of drug-likeness (QED) is 0.802. The first-order valence-electron chi connectivity index (χ1n) is 6.56. The highest BCUT2D eigenvalue weighted by atomic mass is 16.1. The van der Waals surface area contributed by atoms with Crippen LogP contribution in [0.4, 0.5) is 5.82 Å². The maximum Gasteiger partial charge on any atom is 0.256 e. The summed E-state index contributed by atoms with van der Waals surface area (Å²) in [7, 11) is 0. The van der Waals surface area contributed by atoms with Gasteiger partial charge in [0.2, 0.25) is 0 Å². The summed E-state index contributed by atoms with van der Waals surface area (Å²) in [6, 6.07) is 9.11. The lowest BCUT2D eigenvalue weighted by Crippen LogP contribution is -2.13. The molecule has 20 heavy (non-hydrogen) atoms. The van der Waals surface area contributed by atoms with Crippen LogP contribution in [-0.2, 0) is 12.0 Å². The number of amides is 1. The van der Waals surface area contributed by atoms with E-state index in [-0.39, 0.29) is 11.3 Å². The van der Waals surface area contributed by atoms with Crippen LogP contribution in [-0.4, -0.2) is 16.1 Å². The van der Waals surface area contributed by atoms with Crippen molar-refractivity contribution in [3.05, 3.63) is 47.2 Å². The van der Waals surface area contributed by atoms with Crippen molar-refractivity contribution in [3.8, 4) is 0 Å². The normalized spacial score (nSPS) is 11.4. The van der Waals surface area contributed by atoms with E-state index in [0.717, 1.165) is 11.3 Å². The topological polar surface area (TPSA) is 83.8 Å². The van der Waals surface area contributed by atoms with Gasteiger partial charge in [0.15, 0.2) is 5.82 Å². The summed E-state index contributed by atoms with van der Waals surface area (Å²) in [6.45, 7) is 6.65. The van der Waals surface area contributed by atoms with Crippen molar-refractivity contribution in [1.82, 2.24) is 10.2 Å². The van der Waals surface area contributed by atoms with E-state index < -0.39 is 0 Å². The number of nitrogens with two attached hydrogens (primary N) is 1. The number of nitrogens with zero attached hydrogens (tertiary/aromatic N) is 1. The summed E-state index contributed by atoms with van der Waals surface area (Å²) in [5, 5.41) is 9.83. The predicted octanol–water partition coefficient (Wildman–Crippen LogP) is 2.42. The first-order chi connectivity index (χ1) is 9.40. The van der Waals surface area contributed by atoms with Crippen molar-refractivity contribution in [3.63, 3.8) is 0 Å². The lowest BCUT2D eigenvalue weighted by molar-refractivity contribution is 0.102. The number of anilines is 1. The second-order valence-electron chi connectivity index (χ2n) is 5.78. The van der Waals surface area contributed by atoms with Crippen LogP contribution in [0.3, 0.4) is 0 Å². The Labute approximate surface area is 118 Å². The zero-order valence-corrected chi connectivity index (χ0v) is 12.0. The van der Waals surface area contributed by atoms with Gasteiger partial charge in [0.1, 0.15) is 0 Å². The van der Waals surface area contributed by atoms with Gasteiger partial charge < -0.3 is 11.1 Å². The van der Waals surface area contributed by atoms with Crippen LogP contribution in [0.1, 0.15) is 42.4 Å². The lowest BCUT2D eigenvalue weighted by Gasteiger charge is -2.14. The molecule has 0 spiro atoms. The number of aromatic amines is 1. The standard InChI is InChI=1S/C15H20N4O/c1-15(2,3)12-8-13(19-18-12)17-14(20)11-6-4-5-10(7-11)9-16/h4-8H,9,16H2,1-3H3,(H2,17,18,19,20). The van der Waals surface area contributed by atoms with Crippen molar-refractivity contribution in [2.24, 2.45) is 5.73 Å². The highest BCUT2D eigenvalue weighted by Gasteiger charge is 2.17. The molecule has 0 saturated heterocycles. The lowest BCUT2D eigenvalue weighted by atomic mass is 9.92. The van der Waals surface area contributed by atoms with Crippen LogP contribution in [0, 0.1) is 0 Å². The van der Waals surface area contributed by atoms with Gasteiger partial charge in [0.25, 0.3) is 5.91 Å². The Bertz CT molecular complexity index is 610. The van der Waals surface area contributed by atoms with E-state index in [9.17, 15) is 4.79 Å². The zero-order valence-electron chi connectivity index (χ0n) is 12.0. The summed E-state index contributed by atoms with van der Waals surface area (Å²) in [5.74, 6) is 0.338. The number of carbonyl (C=O) groups is 1. The SMILES string of the molecule is CC(C)(C)c1cc(NC(=O)c2cccc(CN)c2)n[nH]1. The molecule has 1 aromatic carbocycles. The summed E-state index contributed by atoms with van der Waals surface area (Å²) < 4.78 is 0. The predicted molar refractivity (Wildman–Crippen MR) is 79.6 cm³/mol. The minimum absolute atomic E-state index is 0.0323.